The second-order valence-electron chi connectivity index (χ2n) is 9.47. The summed E-state index contributed by atoms with van der Waals surface area (Å²) < 4.78 is 0. The van der Waals surface area contributed by atoms with Crippen LogP contribution in [0.25, 0.3) is 11.4 Å². The molecule has 42 heavy (non-hydrogen) atoms. The van der Waals surface area contributed by atoms with Crippen LogP contribution in [0.15, 0.2) is 85.2 Å². The number of aromatic nitrogens is 2. The van der Waals surface area contributed by atoms with Crippen molar-refractivity contribution in [3.8, 4) is 35.1 Å². The monoisotopic (exact) mass is 554 g/mol. The van der Waals surface area contributed by atoms with E-state index in [0.717, 1.165) is 22.3 Å². The lowest BCUT2D eigenvalue weighted by Crippen LogP contribution is -2.30. The van der Waals surface area contributed by atoms with Gasteiger partial charge in [0.25, 0.3) is 11.8 Å². The van der Waals surface area contributed by atoms with E-state index in [4.69, 9.17) is 0 Å². The first-order valence-electron chi connectivity index (χ1n) is 14.2. The van der Waals surface area contributed by atoms with E-state index in [9.17, 15) is 9.59 Å². The van der Waals surface area contributed by atoms with Crippen LogP contribution in [-0.4, -0.2) is 57.8 Å². The van der Waals surface area contributed by atoms with E-state index in [0.29, 0.717) is 48.7 Å². The predicted molar refractivity (Wildman–Crippen MR) is 167 cm³/mol. The van der Waals surface area contributed by atoms with Crippen molar-refractivity contribution in [2.45, 2.75) is 27.7 Å². The Kier molecular flexibility index (Phi) is 10.2. The minimum atomic E-state index is 0.0259. The van der Waals surface area contributed by atoms with Gasteiger partial charge in [0.2, 0.25) is 0 Å². The van der Waals surface area contributed by atoms with Gasteiger partial charge in [0.1, 0.15) is 0 Å². The zero-order chi connectivity index (χ0) is 29.9. The van der Waals surface area contributed by atoms with Crippen LogP contribution < -0.4 is 0 Å². The second-order valence-corrected chi connectivity index (χ2v) is 9.47. The highest BCUT2D eigenvalue weighted by atomic mass is 16.2. The van der Waals surface area contributed by atoms with E-state index >= 15 is 0 Å². The summed E-state index contributed by atoms with van der Waals surface area (Å²) in [4.78, 5) is 37.6. The third kappa shape index (κ3) is 7.50. The quantitative estimate of drug-likeness (QED) is 0.267. The van der Waals surface area contributed by atoms with E-state index in [1.165, 1.54) is 0 Å². The number of hydrogen-bond acceptors (Lipinski definition) is 4. The maximum absolute atomic E-state index is 12.5. The largest absolute Gasteiger partial charge is 0.339 e. The van der Waals surface area contributed by atoms with Gasteiger partial charge < -0.3 is 9.80 Å². The molecule has 4 rings (SSSR count). The number of rotatable bonds is 7. The molecule has 0 aliphatic carbocycles. The van der Waals surface area contributed by atoms with E-state index in [-0.39, 0.29) is 11.8 Å². The number of nitrogens with zero attached hydrogens (tertiary/aromatic N) is 4. The fourth-order valence-corrected chi connectivity index (χ4v) is 4.36. The van der Waals surface area contributed by atoms with E-state index in [2.05, 4.69) is 33.6 Å². The van der Waals surface area contributed by atoms with Crippen molar-refractivity contribution in [3.05, 3.63) is 119 Å². The summed E-state index contributed by atoms with van der Waals surface area (Å²) in [7, 11) is 0. The average Bonchev–Trinajstić information content (AvgIpc) is 3.04. The third-order valence-electron chi connectivity index (χ3n) is 6.85. The minimum Gasteiger partial charge on any atom is -0.339 e. The molecule has 0 spiro atoms. The van der Waals surface area contributed by atoms with Gasteiger partial charge in [-0.25, -0.2) is 0 Å². The Bertz CT molecular complexity index is 1530. The van der Waals surface area contributed by atoms with Gasteiger partial charge >= 0.3 is 0 Å². The van der Waals surface area contributed by atoms with Crippen LogP contribution in [0.1, 0.15) is 70.7 Å². The van der Waals surface area contributed by atoms with Crippen molar-refractivity contribution in [1.29, 1.82) is 0 Å². The van der Waals surface area contributed by atoms with Crippen molar-refractivity contribution in [2.24, 2.45) is 0 Å². The Morgan fingerprint density at radius 2 is 0.857 bits per heavy atom. The Balaban J connectivity index is 1.47. The number of hydrogen-bond donors (Lipinski definition) is 0. The summed E-state index contributed by atoms with van der Waals surface area (Å²) in [6, 6.07) is 22.3. The van der Waals surface area contributed by atoms with Crippen LogP contribution in [0, 0.1) is 23.7 Å². The molecule has 0 aliphatic rings. The number of carbonyl (C=O) groups excluding carboxylic acids is 2. The summed E-state index contributed by atoms with van der Waals surface area (Å²) in [5, 5.41) is 0. The van der Waals surface area contributed by atoms with E-state index < -0.39 is 0 Å². The van der Waals surface area contributed by atoms with Crippen LogP contribution >= 0.6 is 0 Å². The van der Waals surface area contributed by atoms with Crippen LogP contribution in [0.5, 0.6) is 0 Å². The molecule has 0 aliphatic heterocycles. The second kappa shape index (κ2) is 14.4. The molecule has 6 heteroatoms. The predicted octanol–water partition coefficient (Wildman–Crippen LogP) is 5.91. The standard InChI is InChI=1S/C36H34N4O2/c1-5-39(6-2)35(41)31-17-13-27(14-18-31)9-11-29-21-23-37-33(25-29)34-26-30(22-24-38-34)12-10-28-15-19-32(20-16-28)36(42)40(7-3)8-4/h13-26H,5-8H2,1-4H3. The normalized spacial score (nSPS) is 10.1. The molecular formula is C36H34N4O2. The van der Waals surface area contributed by atoms with E-state index in [1.54, 1.807) is 22.2 Å². The molecule has 0 fully saturated rings. The molecule has 0 saturated heterocycles. The number of amides is 2. The minimum absolute atomic E-state index is 0.0259. The molecule has 2 heterocycles. The van der Waals surface area contributed by atoms with Crippen LogP contribution in [0.4, 0.5) is 0 Å². The topological polar surface area (TPSA) is 66.4 Å². The van der Waals surface area contributed by atoms with Crippen molar-refractivity contribution in [2.75, 3.05) is 26.2 Å². The maximum Gasteiger partial charge on any atom is 0.253 e. The van der Waals surface area contributed by atoms with Gasteiger partial charge in [-0.3, -0.25) is 19.6 Å². The van der Waals surface area contributed by atoms with Gasteiger partial charge in [-0.2, -0.15) is 0 Å². The molecule has 4 aromatic rings. The molecule has 0 saturated carbocycles. The van der Waals surface area contributed by atoms with Gasteiger partial charge in [0.05, 0.1) is 11.4 Å². The first-order chi connectivity index (χ1) is 20.4. The molecule has 0 bridgehead atoms. The fraction of sp³-hybridized carbons (Fsp3) is 0.222. The lowest BCUT2D eigenvalue weighted by atomic mass is 10.1. The summed E-state index contributed by atoms with van der Waals surface area (Å²) >= 11 is 0. The molecule has 210 valence electrons. The zero-order valence-corrected chi connectivity index (χ0v) is 24.5. The average molecular weight is 555 g/mol. The van der Waals surface area contributed by atoms with Crippen LogP contribution in [0.3, 0.4) is 0 Å². The Morgan fingerprint density at radius 1 is 0.524 bits per heavy atom. The molecule has 6 nitrogen and oxygen atoms in total. The molecular weight excluding hydrogens is 520 g/mol. The van der Waals surface area contributed by atoms with Crippen molar-refractivity contribution >= 4 is 11.8 Å². The highest BCUT2D eigenvalue weighted by molar-refractivity contribution is 5.94. The fourth-order valence-electron chi connectivity index (χ4n) is 4.36. The summed E-state index contributed by atoms with van der Waals surface area (Å²) in [6.07, 6.45) is 3.43. The summed E-state index contributed by atoms with van der Waals surface area (Å²) in [5.74, 6) is 12.8. The van der Waals surface area contributed by atoms with Crippen molar-refractivity contribution in [1.82, 2.24) is 19.8 Å². The Labute approximate surface area is 248 Å². The van der Waals surface area contributed by atoms with Crippen LogP contribution in [0.2, 0.25) is 0 Å². The third-order valence-corrected chi connectivity index (χ3v) is 6.85. The van der Waals surface area contributed by atoms with Gasteiger partial charge in [-0.15, -0.1) is 0 Å². The first-order valence-corrected chi connectivity index (χ1v) is 14.2. The van der Waals surface area contributed by atoms with Crippen molar-refractivity contribution in [3.63, 3.8) is 0 Å². The molecule has 0 unspecified atom stereocenters. The SMILES string of the molecule is CCN(CC)C(=O)c1ccc(C#Cc2ccnc(-c3cc(C#Cc4ccc(C(=O)N(CC)CC)cc4)ccn3)c2)cc1. The van der Waals surface area contributed by atoms with Gasteiger partial charge in [0.15, 0.2) is 0 Å². The Morgan fingerprint density at radius 3 is 1.19 bits per heavy atom. The lowest BCUT2D eigenvalue weighted by molar-refractivity contribution is 0.0765. The molecule has 2 aromatic heterocycles. The Hall–Kier alpha value is -5.20. The highest BCUT2D eigenvalue weighted by Crippen LogP contribution is 2.17. The van der Waals surface area contributed by atoms with Crippen LogP contribution in [-0.2, 0) is 0 Å². The number of pyridine rings is 2. The highest BCUT2D eigenvalue weighted by Gasteiger charge is 2.12. The summed E-state index contributed by atoms with van der Waals surface area (Å²) in [6.45, 7) is 10.6. The molecule has 0 atom stereocenters. The van der Waals surface area contributed by atoms with Gasteiger partial charge in [-0.05, 0) is 100 Å². The van der Waals surface area contributed by atoms with E-state index in [1.807, 2.05) is 100 Å². The molecule has 2 amide bonds. The molecule has 0 N–H and O–H groups in total. The number of carbonyl (C=O) groups is 2. The summed E-state index contributed by atoms with van der Waals surface area (Å²) in [5.41, 5.74) is 5.98. The first kappa shape index (κ1) is 29.8. The molecule has 2 aromatic carbocycles. The van der Waals surface area contributed by atoms with Gasteiger partial charge in [-0.1, -0.05) is 23.7 Å². The lowest BCUT2D eigenvalue weighted by Gasteiger charge is -2.18. The molecule has 0 radical (unpaired) electrons. The van der Waals surface area contributed by atoms with Gasteiger partial charge in [0, 0.05) is 72.0 Å². The maximum atomic E-state index is 12.5. The zero-order valence-electron chi connectivity index (χ0n) is 24.5. The smallest absolute Gasteiger partial charge is 0.253 e. The number of benzene rings is 2. The van der Waals surface area contributed by atoms with Crippen molar-refractivity contribution < 1.29 is 9.59 Å².